The van der Waals surface area contributed by atoms with E-state index in [9.17, 15) is 0 Å². The van der Waals surface area contributed by atoms with E-state index in [1.165, 1.54) is 12.5 Å². The van der Waals surface area contributed by atoms with Crippen LogP contribution in [0.4, 0.5) is 0 Å². The molecule has 0 N–H and O–H groups in total. The van der Waals surface area contributed by atoms with Crippen LogP contribution in [0.15, 0.2) is 63.1 Å². The zero-order valence-corrected chi connectivity index (χ0v) is 10.7. The van der Waals surface area contributed by atoms with E-state index in [0.717, 1.165) is 11.1 Å². The van der Waals surface area contributed by atoms with Crippen LogP contribution in [0.2, 0.25) is 0 Å². The lowest BCUT2D eigenvalue weighted by molar-refractivity contribution is 0.151. The third kappa shape index (κ3) is 7.12. The molecule has 1 aromatic rings. The second kappa shape index (κ2) is 11.3. The summed E-state index contributed by atoms with van der Waals surface area (Å²) in [6.45, 7) is 15.2. The van der Waals surface area contributed by atoms with Gasteiger partial charge in [0, 0.05) is 0 Å². The van der Waals surface area contributed by atoms with E-state index in [1.54, 1.807) is 0 Å². The fourth-order valence-corrected chi connectivity index (χ4v) is 1.15. The monoisotopic (exact) mass is 244 g/mol. The van der Waals surface area contributed by atoms with E-state index in [2.05, 4.69) is 26.3 Å². The highest BCUT2D eigenvalue weighted by Crippen LogP contribution is 2.10. The lowest BCUT2D eigenvalue weighted by Crippen LogP contribution is -1.95. The second-order valence-corrected chi connectivity index (χ2v) is 3.11. The van der Waals surface area contributed by atoms with Crippen molar-refractivity contribution >= 4 is 12.2 Å². The molecule has 0 saturated carbocycles. The molecule has 0 spiro atoms. The van der Waals surface area contributed by atoms with Crippen LogP contribution in [0.1, 0.15) is 11.1 Å². The first-order chi connectivity index (χ1) is 8.79. The minimum atomic E-state index is 0.537. The van der Waals surface area contributed by atoms with Crippen molar-refractivity contribution < 1.29 is 9.47 Å². The Kier molecular flexibility index (Phi) is 9.88. The highest BCUT2D eigenvalue weighted by atomic mass is 16.5. The standard InChI is InChI=1S/C10H10.C6H10O2/c1-3-9-7-5-6-8-10(9)4-2;1-3-7-5-6-8-4-2/h3-8H,1-2H2;3-4H,1-2,5-6H2. The third-order valence-corrected chi connectivity index (χ3v) is 1.99. The number of hydrogen-bond acceptors (Lipinski definition) is 2. The second-order valence-electron chi connectivity index (χ2n) is 3.11. The van der Waals surface area contributed by atoms with Crippen molar-refractivity contribution in [3.8, 4) is 0 Å². The molecular weight excluding hydrogens is 224 g/mol. The van der Waals surface area contributed by atoms with Crippen LogP contribution in [0.5, 0.6) is 0 Å². The summed E-state index contributed by atoms with van der Waals surface area (Å²) in [6.07, 6.45) is 6.42. The minimum absolute atomic E-state index is 0.537. The summed E-state index contributed by atoms with van der Waals surface area (Å²) < 4.78 is 9.45. The van der Waals surface area contributed by atoms with Gasteiger partial charge in [-0.2, -0.15) is 0 Å². The molecule has 0 aliphatic rings. The summed E-state index contributed by atoms with van der Waals surface area (Å²) in [7, 11) is 0. The highest BCUT2D eigenvalue weighted by Gasteiger charge is 1.89. The van der Waals surface area contributed by atoms with Crippen molar-refractivity contribution in [1.82, 2.24) is 0 Å². The Morgan fingerprint density at radius 2 is 1.17 bits per heavy atom. The first kappa shape index (κ1) is 15.8. The van der Waals surface area contributed by atoms with Gasteiger partial charge in [-0.3, -0.25) is 0 Å². The molecule has 1 aromatic carbocycles. The van der Waals surface area contributed by atoms with Crippen LogP contribution in [0.3, 0.4) is 0 Å². The van der Waals surface area contributed by atoms with E-state index >= 15 is 0 Å². The van der Waals surface area contributed by atoms with Crippen LogP contribution < -0.4 is 0 Å². The van der Waals surface area contributed by atoms with Crippen LogP contribution in [0.25, 0.3) is 12.2 Å². The van der Waals surface area contributed by atoms with Gasteiger partial charge in [-0.05, 0) is 11.1 Å². The molecule has 0 aliphatic heterocycles. The molecule has 0 fully saturated rings. The molecule has 0 saturated heterocycles. The summed E-state index contributed by atoms with van der Waals surface area (Å²) in [4.78, 5) is 0. The average molecular weight is 244 g/mol. The van der Waals surface area contributed by atoms with Crippen molar-refractivity contribution in [2.75, 3.05) is 13.2 Å². The normalized spacial score (nSPS) is 8.22. The summed E-state index contributed by atoms with van der Waals surface area (Å²) in [5.41, 5.74) is 2.27. The smallest absolute Gasteiger partial charge is 0.121 e. The maximum atomic E-state index is 4.73. The maximum absolute atomic E-state index is 4.73. The minimum Gasteiger partial charge on any atom is -0.498 e. The van der Waals surface area contributed by atoms with Crippen LogP contribution >= 0.6 is 0 Å². The molecule has 2 nitrogen and oxygen atoms in total. The highest BCUT2D eigenvalue weighted by molar-refractivity contribution is 5.63. The lowest BCUT2D eigenvalue weighted by Gasteiger charge is -1.97. The Morgan fingerprint density at radius 1 is 0.778 bits per heavy atom. The summed E-state index contributed by atoms with van der Waals surface area (Å²) in [5, 5.41) is 0. The Hall–Kier alpha value is -2.22. The van der Waals surface area contributed by atoms with E-state index in [4.69, 9.17) is 9.47 Å². The molecule has 96 valence electrons. The van der Waals surface area contributed by atoms with Gasteiger partial charge in [0.1, 0.15) is 13.2 Å². The van der Waals surface area contributed by atoms with E-state index < -0.39 is 0 Å². The predicted molar refractivity (Wildman–Crippen MR) is 78.9 cm³/mol. The van der Waals surface area contributed by atoms with Gasteiger partial charge >= 0.3 is 0 Å². The predicted octanol–water partition coefficient (Wildman–Crippen LogP) is 4.28. The van der Waals surface area contributed by atoms with E-state index in [1.807, 2.05) is 36.4 Å². The van der Waals surface area contributed by atoms with Crippen LogP contribution in [-0.2, 0) is 9.47 Å². The summed E-state index contributed by atoms with van der Waals surface area (Å²) >= 11 is 0. The molecule has 0 unspecified atom stereocenters. The van der Waals surface area contributed by atoms with Crippen molar-refractivity contribution in [2.24, 2.45) is 0 Å². The van der Waals surface area contributed by atoms with Crippen molar-refractivity contribution in [3.63, 3.8) is 0 Å². The van der Waals surface area contributed by atoms with Crippen LogP contribution in [-0.4, -0.2) is 13.2 Å². The molecule has 0 aromatic heterocycles. The quantitative estimate of drug-likeness (QED) is 0.526. The topological polar surface area (TPSA) is 18.5 Å². The molecule has 0 atom stereocenters. The first-order valence-corrected chi connectivity index (χ1v) is 5.59. The van der Waals surface area contributed by atoms with Gasteiger partial charge in [0.05, 0.1) is 12.5 Å². The zero-order chi connectivity index (χ0) is 13.6. The molecule has 0 radical (unpaired) electrons. The number of hydrogen-bond donors (Lipinski definition) is 0. The van der Waals surface area contributed by atoms with Gasteiger partial charge in [-0.25, -0.2) is 0 Å². The average Bonchev–Trinajstić information content (AvgIpc) is 2.44. The van der Waals surface area contributed by atoms with Gasteiger partial charge in [0.25, 0.3) is 0 Å². The SMILES string of the molecule is C=COCCOC=C.C=Cc1ccccc1C=C. The van der Waals surface area contributed by atoms with Gasteiger partial charge in [0.2, 0.25) is 0 Å². The molecular formula is C16H20O2. The molecule has 18 heavy (non-hydrogen) atoms. The van der Waals surface area contributed by atoms with Crippen molar-refractivity contribution in [1.29, 1.82) is 0 Å². The lowest BCUT2D eigenvalue weighted by atomic mass is 10.1. The Balaban J connectivity index is 0.000000331. The first-order valence-electron chi connectivity index (χ1n) is 5.59. The van der Waals surface area contributed by atoms with Gasteiger partial charge in [-0.15, -0.1) is 0 Å². The van der Waals surface area contributed by atoms with E-state index in [-0.39, 0.29) is 0 Å². The molecule has 0 aliphatic carbocycles. The van der Waals surface area contributed by atoms with Crippen molar-refractivity contribution in [2.45, 2.75) is 0 Å². The van der Waals surface area contributed by atoms with Crippen molar-refractivity contribution in [3.05, 3.63) is 74.2 Å². The van der Waals surface area contributed by atoms with E-state index in [0.29, 0.717) is 13.2 Å². The van der Waals surface area contributed by atoms with Gasteiger partial charge in [0.15, 0.2) is 0 Å². The molecule has 0 heterocycles. The Morgan fingerprint density at radius 3 is 1.44 bits per heavy atom. The van der Waals surface area contributed by atoms with Gasteiger partial charge < -0.3 is 9.47 Å². The Labute approximate surface area is 110 Å². The van der Waals surface area contributed by atoms with Crippen LogP contribution in [0, 0.1) is 0 Å². The fraction of sp³-hybridized carbons (Fsp3) is 0.125. The molecule has 1 rings (SSSR count). The number of benzene rings is 1. The largest absolute Gasteiger partial charge is 0.498 e. The maximum Gasteiger partial charge on any atom is 0.121 e. The van der Waals surface area contributed by atoms with Gasteiger partial charge in [-0.1, -0.05) is 62.7 Å². The fourth-order valence-electron chi connectivity index (χ4n) is 1.15. The number of ether oxygens (including phenoxy) is 2. The zero-order valence-electron chi connectivity index (χ0n) is 10.7. The number of rotatable bonds is 7. The molecule has 0 amide bonds. The molecule has 2 heteroatoms. The summed E-state index contributed by atoms with van der Waals surface area (Å²) in [5.74, 6) is 0. The molecule has 0 bridgehead atoms. The summed E-state index contributed by atoms with van der Waals surface area (Å²) in [6, 6.07) is 8.02. The third-order valence-electron chi connectivity index (χ3n) is 1.99. The Bertz CT molecular complexity index is 343.